The fourth-order valence-electron chi connectivity index (χ4n) is 7.33. The molecule has 5 aliphatic rings. The third kappa shape index (κ3) is 4.26. The van der Waals surface area contributed by atoms with Crippen LogP contribution in [0.15, 0.2) is 30.5 Å². The molecule has 2 N–H and O–H groups in total. The molecule has 9 rings (SSSR count). The lowest BCUT2D eigenvalue weighted by Crippen LogP contribution is -2.61. The van der Waals surface area contributed by atoms with Crippen molar-refractivity contribution in [2.45, 2.75) is 55.9 Å². The maximum absolute atomic E-state index is 16.8. The van der Waals surface area contributed by atoms with Crippen LogP contribution < -0.4 is 15.0 Å². The summed E-state index contributed by atoms with van der Waals surface area (Å²) in [6.07, 6.45) is 6.83. The summed E-state index contributed by atoms with van der Waals surface area (Å²) >= 11 is 0. The van der Waals surface area contributed by atoms with Crippen LogP contribution in [0.25, 0.3) is 32.9 Å². The second-order valence-corrected chi connectivity index (χ2v) is 12.1. The number of anilines is 1. The van der Waals surface area contributed by atoms with Crippen molar-refractivity contribution in [3.05, 3.63) is 47.7 Å². The molecule has 0 aliphatic carbocycles. The molecule has 8 nitrogen and oxygen atoms in total. The van der Waals surface area contributed by atoms with Crippen molar-refractivity contribution in [3.63, 3.8) is 0 Å². The van der Waals surface area contributed by atoms with Gasteiger partial charge in [0.2, 0.25) is 0 Å². The lowest BCUT2D eigenvalue weighted by Gasteiger charge is -2.46. The van der Waals surface area contributed by atoms with Gasteiger partial charge in [0, 0.05) is 58.0 Å². The SMILES string of the molecule is [2H]C1([2H])CC[C@]2(COc3nc(N4CC5CCC4CN5)c4cnc(-c5cc(O)cc6ccc(F)c(C#C)c56)c(F)c4n3)C[C@]([2H])(F)CN12. The number of aromatic hydroxyl groups is 1. The first-order chi connectivity index (χ1) is 22.4. The first-order valence-electron chi connectivity index (χ1n) is 16.3. The zero-order valence-corrected chi connectivity index (χ0v) is 23.7. The van der Waals surface area contributed by atoms with E-state index in [9.17, 15) is 13.9 Å². The zero-order valence-electron chi connectivity index (χ0n) is 26.7. The molecule has 5 aliphatic heterocycles. The van der Waals surface area contributed by atoms with Gasteiger partial charge in [-0.05, 0) is 55.8 Å². The van der Waals surface area contributed by atoms with Crippen molar-refractivity contribution < 1.29 is 27.1 Å². The smallest absolute Gasteiger partial charge is 0.319 e. The topological polar surface area (TPSA) is 86.6 Å². The Hall–Kier alpha value is -4.14. The number of terminal acetylenes is 1. The predicted octanol–water partition coefficient (Wildman–Crippen LogP) is 4.71. The Morgan fingerprint density at radius 1 is 1.25 bits per heavy atom. The molecule has 2 aromatic heterocycles. The quantitative estimate of drug-likeness (QED) is 0.318. The second-order valence-electron chi connectivity index (χ2n) is 12.1. The molecule has 0 saturated carbocycles. The molecule has 2 bridgehead atoms. The number of nitrogens with one attached hydrogen (secondary N) is 1. The van der Waals surface area contributed by atoms with Crippen LogP contribution in [0, 0.1) is 24.0 Å². The molecule has 0 amide bonds. The molecule has 2 aromatic carbocycles. The molecular weight excluding hydrogens is 569 g/mol. The number of piperazine rings is 1. The van der Waals surface area contributed by atoms with E-state index in [2.05, 4.69) is 26.1 Å². The Morgan fingerprint density at radius 2 is 2.14 bits per heavy atom. The van der Waals surface area contributed by atoms with Gasteiger partial charge in [-0.1, -0.05) is 12.0 Å². The van der Waals surface area contributed by atoms with Gasteiger partial charge in [-0.25, -0.2) is 13.2 Å². The van der Waals surface area contributed by atoms with E-state index in [1.54, 1.807) is 0 Å². The molecule has 4 aromatic rings. The van der Waals surface area contributed by atoms with Crippen LogP contribution in [0.3, 0.4) is 0 Å². The van der Waals surface area contributed by atoms with Gasteiger partial charge in [-0.2, -0.15) is 9.97 Å². The van der Waals surface area contributed by atoms with E-state index >= 15 is 4.39 Å². The zero-order chi connectivity index (χ0) is 32.9. The van der Waals surface area contributed by atoms with Crippen LogP contribution in [0.1, 0.15) is 41.8 Å². The molecular formula is C33H31F3N6O2. The summed E-state index contributed by atoms with van der Waals surface area (Å²) in [7, 11) is 0. The van der Waals surface area contributed by atoms with Gasteiger partial charge in [-0.3, -0.25) is 9.88 Å². The number of halogens is 3. The lowest BCUT2D eigenvalue weighted by molar-refractivity contribution is 0.107. The van der Waals surface area contributed by atoms with Crippen LogP contribution in [-0.2, 0) is 0 Å². The summed E-state index contributed by atoms with van der Waals surface area (Å²) < 4.78 is 77.6. The molecule has 0 spiro atoms. The Morgan fingerprint density at radius 3 is 2.91 bits per heavy atom. The third-order valence-electron chi connectivity index (χ3n) is 9.50. The maximum Gasteiger partial charge on any atom is 0.319 e. The minimum absolute atomic E-state index is 0.0753. The lowest BCUT2D eigenvalue weighted by atomic mass is 9.92. The van der Waals surface area contributed by atoms with E-state index in [1.807, 2.05) is 0 Å². The first-order valence-corrected chi connectivity index (χ1v) is 14.8. The van der Waals surface area contributed by atoms with E-state index in [4.69, 9.17) is 20.3 Å². The molecule has 44 heavy (non-hydrogen) atoms. The van der Waals surface area contributed by atoms with E-state index in [0.717, 1.165) is 12.8 Å². The van der Waals surface area contributed by atoms with Crippen molar-refractivity contribution in [2.75, 3.05) is 37.6 Å². The highest BCUT2D eigenvalue weighted by molar-refractivity contribution is 6.03. The van der Waals surface area contributed by atoms with Gasteiger partial charge in [0.15, 0.2) is 5.82 Å². The fourth-order valence-corrected chi connectivity index (χ4v) is 7.33. The van der Waals surface area contributed by atoms with Gasteiger partial charge in [0.1, 0.15) is 41.3 Å². The number of alkyl halides is 1. The number of benzene rings is 2. The number of phenolic OH excluding ortho intramolecular Hbond substituents is 1. The predicted molar refractivity (Wildman–Crippen MR) is 160 cm³/mol. The molecule has 5 saturated heterocycles. The van der Waals surface area contributed by atoms with E-state index in [0.29, 0.717) is 29.7 Å². The van der Waals surface area contributed by atoms with Gasteiger partial charge >= 0.3 is 6.01 Å². The van der Waals surface area contributed by atoms with Crippen molar-refractivity contribution in [1.29, 1.82) is 0 Å². The van der Waals surface area contributed by atoms with Gasteiger partial charge in [-0.15, -0.1) is 6.42 Å². The Balaban J connectivity index is 1.28. The first kappa shape index (κ1) is 24.2. The van der Waals surface area contributed by atoms with Crippen LogP contribution in [0.2, 0.25) is 0 Å². The van der Waals surface area contributed by atoms with Crippen molar-refractivity contribution in [2.24, 2.45) is 0 Å². The normalized spacial score (nSPS) is 30.2. The van der Waals surface area contributed by atoms with Crippen LogP contribution in [0.4, 0.5) is 19.0 Å². The van der Waals surface area contributed by atoms with Crippen LogP contribution in [-0.4, -0.2) is 81.5 Å². The van der Waals surface area contributed by atoms with E-state index in [-0.39, 0.29) is 77.4 Å². The number of fused-ring (bicyclic) bond motifs is 6. The monoisotopic (exact) mass is 603 g/mol. The third-order valence-corrected chi connectivity index (χ3v) is 9.50. The largest absolute Gasteiger partial charge is 0.508 e. The second kappa shape index (κ2) is 10.2. The number of rotatable bonds is 5. The summed E-state index contributed by atoms with van der Waals surface area (Å²) in [5, 5.41) is 15.0. The summed E-state index contributed by atoms with van der Waals surface area (Å²) in [6.45, 7) is -1.06. The molecule has 0 radical (unpaired) electrons. The molecule has 226 valence electrons. The highest BCUT2D eigenvalue weighted by atomic mass is 19.1. The number of aromatic nitrogens is 3. The average molecular weight is 604 g/mol. The highest BCUT2D eigenvalue weighted by Crippen LogP contribution is 2.42. The minimum Gasteiger partial charge on any atom is -0.508 e. The molecule has 4 atom stereocenters. The number of pyridine rings is 1. The van der Waals surface area contributed by atoms with Crippen molar-refractivity contribution in [3.8, 4) is 35.4 Å². The van der Waals surface area contributed by atoms with E-state index < -0.39 is 36.4 Å². The molecule has 2 unspecified atom stereocenters. The van der Waals surface area contributed by atoms with Gasteiger partial charge < -0.3 is 20.1 Å². The number of hydrogen-bond donors (Lipinski definition) is 2. The van der Waals surface area contributed by atoms with Crippen LogP contribution >= 0.6 is 0 Å². The molecule has 11 heteroatoms. The standard InChI is InChI=1S/C33H31F3N6O2/c1-2-23-26(35)7-4-18-10-22(43)11-24(27(18)23)29-28(36)30-25(14-38-29)31(42-16-20-5-6-21(42)13-37-20)40-32(39-30)44-17-33-8-3-9-41(33)15-19(34)12-33/h1,4,7,10-11,14,19-21,37,43H,3,5-6,8-9,12-13,15-17H2/t19-,20?,21?,33+/m0/s1/i9D2,19D. The Labute approximate surface area is 256 Å². The summed E-state index contributed by atoms with van der Waals surface area (Å²) in [5.41, 5.74) is -1.44. The summed E-state index contributed by atoms with van der Waals surface area (Å²) in [4.78, 5) is 17.1. The fraction of sp³-hybridized carbons (Fsp3) is 0.424. The van der Waals surface area contributed by atoms with Crippen molar-refractivity contribution >= 4 is 27.5 Å². The Bertz CT molecular complexity index is 2000. The number of hydrogen-bond acceptors (Lipinski definition) is 8. The summed E-state index contributed by atoms with van der Waals surface area (Å²) in [6, 6.07) is 5.42. The summed E-state index contributed by atoms with van der Waals surface area (Å²) in [5.74, 6) is 1.02. The number of ether oxygens (including phenoxy) is 1. The Kier molecular flexibility index (Phi) is 5.62. The van der Waals surface area contributed by atoms with Gasteiger partial charge in [0.05, 0.1) is 17.9 Å². The highest BCUT2D eigenvalue weighted by Gasteiger charge is 2.49. The maximum atomic E-state index is 16.8. The molecule has 7 heterocycles. The minimum atomic E-state index is -2.35. The average Bonchev–Trinajstić information content (AvgIpc) is 3.47. The van der Waals surface area contributed by atoms with Crippen LogP contribution in [0.5, 0.6) is 11.8 Å². The number of piperidine rings is 2. The number of phenols is 1. The van der Waals surface area contributed by atoms with Gasteiger partial charge in [0.25, 0.3) is 0 Å². The van der Waals surface area contributed by atoms with Crippen molar-refractivity contribution in [1.82, 2.24) is 25.2 Å². The molecule has 5 fully saturated rings. The number of nitrogens with zero attached hydrogens (tertiary/aromatic N) is 5. The van der Waals surface area contributed by atoms with E-state index in [1.165, 1.54) is 35.4 Å².